The lowest BCUT2D eigenvalue weighted by atomic mass is 9.81. The molecule has 5 heteroatoms. The molecule has 0 atom stereocenters. The second-order valence-electron chi connectivity index (χ2n) is 7.14. The maximum absolute atomic E-state index is 10.3. The van der Waals surface area contributed by atoms with Gasteiger partial charge in [-0.05, 0) is 17.2 Å². The maximum atomic E-state index is 10.3. The Morgan fingerprint density at radius 3 is 1.88 bits per heavy atom. The standard InChI is InChI=1S/C28H18N4O/c1-33-24-15-9-8-14-22(24)26-23(18-31)27(21(16-29)17-30)32-28(20-12-6-3-7-13-20)25(26)19-10-4-2-5-11-19/h2-15,32H,1H3. The molecule has 33 heavy (non-hydrogen) atoms. The summed E-state index contributed by atoms with van der Waals surface area (Å²) in [5.74, 6) is 0.581. The molecule has 0 fully saturated rings. The summed E-state index contributed by atoms with van der Waals surface area (Å²) in [5.41, 5.74) is 4.72. The topological polar surface area (TPSA) is 92.6 Å². The lowest BCUT2D eigenvalue weighted by Crippen LogP contribution is -2.23. The van der Waals surface area contributed by atoms with Crippen molar-refractivity contribution in [1.29, 1.82) is 15.8 Å². The predicted molar refractivity (Wildman–Crippen MR) is 127 cm³/mol. The Labute approximate surface area is 192 Å². The van der Waals surface area contributed by atoms with Crippen LogP contribution in [0.1, 0.15) is 16.7 Å². The zero-order chi connectivity index (χ0) is 23.2. The minimum absolute atomic E-state index is 0.167. The number of nitrogens with one attached hydrogen (secondary N) is 1. The molecule has 3 aromatic carbocycles. The van der Waals surface area contributed by atoms with Crippen LogP contribution in [0.25, 0.3) is 16.8 Å². The lowest BCUT2D eigenvalue weighted by molar-refractivity contribution is 0.413. The van der Waals surface area contributed by atoms with Gasteiger partial charge >= 0.3 is 0 Å². The van der Waals surface area contributed by atoms with Crippen molar-refractivity contribution in [1.82, 2.24) is 5.32 Å². The fraction of sp³-hybridized carbons (Fsp3) is 0.0357. The molecular formula is C28H18N4O. The van der Waals surface area contributed by atoms with E-state index >= 15 is 0 Å². The van der Waals surface area contributed by atoms with Gasteiger partial charge < -0.3 is 10.1 Å². The van der Waals surface area contributed by atoms with Gasteiger partial charge in [-0.25, -0.2) is 0 Å². The summed E-state index contributed by atoms with van der Waals surface area (Å²) in [7, 11) is 1.57. The van der Waals surface area contributed by atoms with Crippen LogP contribution in [0.3, 0.4) is 0 Å². The molecule has 0 bridgehead atoms. The molecule has 4 rings (SSSR count). The van der Waals surface area contributed by atoms with E-state index in [0.29, 0.717) is 22.6 Å². The van der Waals surface area contributed by atoms with E-state index in [0.717, 1.165) is 16.7 Å². The zero-order valence-electron chi connectivity index (χ0n) is 17.8. The second kappa shape index (κ2) is 9.40. The Balaban J connectivity index is 2.22. The highest BCUT2D eigenvalue weighted by Crippen LogP contribution is 2.46. The van der Waals surface area contributed by atoms with Gasteiger partial charge in [0.15, 0.2) is 5.57 Å². The number of methoxy groups -OCH3 is 1. The van der Waals surface area contributed by atoms with Crippen LogP contribution in [0.5, 0.6) is 5.75 Å². The van der Waals surface area contributed by atoms with Crippen molar-refractivity contribution < 1.29 is 4.74 Å². The largest absolute Gasteiger partial charge is 0.496 e. The van der Waals surface area contributed by atoms with Crippen molar-refractivity contribution in [2.24, 2.45) is 0 Å². The summed E-state index contributed by atoms with van der Waals surface area (Å²) < 4.78 is 5.63. The first-order valence-corrected chi connectivity index (χ1v) is 10.2. The van der Waals surface area contributed by atoms with Crippen molar-refractivity contribution in [2.45, 2.75) is 0 Å². The van der Waals surface area contributed by atoms with E-state index in [1.54, 1.807) is 7.11 Å². The van der Waals surface area contributed by atoms with E-state index in [9.17, 15) is 15.8 Å². The first-order valence-electron chi connectivity index (χ1n) is 10.2. The van der Waals surface area contributed by atoms with Crippen LogP contribution in [0.15, 0.2) is 102 Å². The number of rotatable bonds is 4. The van der Waals surface area contributed by atoms with Crippen molar-refractivity contribution >= 4 is 16.8 Å². The van der Waals surface area contributed by atoms with Gasteiger partial charge in [0.2, 0.25) is 0 Å². The molecule has 0 aliphatic carbocycles. The Morgan fingerprint density at radius 1 is 0.727 bits per heavy atom. The van der Waals surface area contributed by atoms with Crippen molar-refractivity contribution in [3.8, 4) is 24.0 Å². The highest BCUT2D eigenvalue weighted by molar-refractivity contribution is 6.19. The first kappa shape index (κ1) is 21.2. The molecule has 1 N–H and O–H groups in total. The molecule has 0 saturated carbocycles. The molecule has 0 radical (unpaired) electrons. The number of nitriles is 3. The van der Waals surface area contributed by atoms with Crippen LogP contribution in [-0.2, 0) is 0 Å². The van der Waals surface area contributed by atoms with E-state index in [1.807, 2.05) is 97.1 Å². The summed E-state index contributed by atoms with van der Waals surface area (Å²) in [6.45, 7) is 0. The highest BCUT2D eigenvalue weighted by Gasteiger charge is 2.31. The molecule has 5 nitrogen and oxygen atoms in total. The second-order valence-corrected chi connectivity index (χ2v) is 7.14. The van der Waals surface area contributed by atoms with E-state index in [1.165, 1.54) is 0 Å². The van der Waals surface area contributed by atoms with Crippen LogP contribution >= 0.6 is 0 Å². The normalized spacial score (nSPS) is 12.8. The average Bonchev–Trinajstić information content (AvgIpc) is 2.89. The third-order valence-electron chi connectivity index (χ3n) is 5.34. The minimum Gasteiger partial charge on any atom is -0.496 e. The highest BCUT2D eigenvalue weighted by atomic mass is 16.5. The first-order chi connectivity index (χ1) is 16.2. The number of allylic oxidation sites excluding steroid dienone is 4. The summed E-state index contributed by atoms with van der Waals surface area (Å²) in [5, 5.41) is 32.8. The molecule has 0 amide bonds. The Hall–Kier alpha value is -5.05. The van der Waals surface area contributed by atoms with Crippen LogP contribution in [0, 0.1) is 34.0 Å². The smallest absolute Gasteiger partial charge is 0.154 e. The molecule has 1 heterocycles. The molecule has 0 spiro atoms. The number of dihydropyridines is 1. The Kier molecular flexibility index (Phi) is 6.03. The lowest BCUT2D eigenvalue weighted by Gasteiger charge is -2.29. The van der Waals surface area contributed by atoms with Crippen LogP contribution in [0.4, 0.5) is 0 Å². The van der Waals surface area contributed by atoms with Gasteiger partial charge in [0.25, 0.3) is 0 Å². The third-order valence-corrected chi connectivity index (χ3v) is 5.34. The maximum Gasteiger partial charge on any atom is 0.154 e. The van der Waals surface area contributed by atoms with Crippen molar-refractivity contribution in [3.05, 3.63) is 118 Å². The number of ether oxygens (including phenoxy) is 1. The van der Waals surface area contributed by atoms with Gasteiger partial charge in [0, 0.05) is 16.7 Å². The van der Waals surface area contributed by atoms with E-state index in [2.05, 4.69) is 11.4 Å². The van der Waals surface area contributed by atoms with E-state index in [-0.39, 0.29) is 16.8 Å². The Morgan fingerprint density at radius 2 is 1.30 bits per heavy atom. The number of hydrogen-bond donors (Lipinski definition) is 1. The Bertz CT molecular complexity index is 1410. The number of para-hydroxylation sites is 1. The molecule has 1 aliphatic rings. The minimum atomic E-state index is -0.167. The van der Waals surface area contributed by atoms with Crippen molar-refractivity contribution in [2.75, 3.05) is 7.11 Å². The quantitative estimate of drug-likeness (QED) is 0.560. The van der Waals surface area contributed by atoms with Gasteiger partial charge in [-0.3, -0.25) is 0 Å². The SMILES string of the molecule is COc1ccccc1C1=C(C#N)C(=C(C#N)C#N)NC(c2ccccc2)=C1c1ccccc1. The zero-order valence-corrected chi connectivity index (χ0v) is 17.8. The van der Waals surface area contributed by atoms with Gasteiger partial charge in [0.1, 0.15) is 24.0 Å². The fourth-order valence-electron chi connectivity index (χ4n) is 3.90. The molecular weight excluding hydrogens is 408 g/mol. The number of hydrogen-bond acceptors (Lipinski definition) is 5. The fourth-order valence-corrected chi connectivity index (χ4v) is 3.90. The summed E-state index contributed by atoms with van der Waals surface area (Å²) in [6, 6.07) is 32.9. The molecule has 156 valence electrons. The molecule has 0 aromatic heterocycles. The number of nitrogens with zero attached hydrogens (tertiary/aromatic N) is 3. The molecule has 0 unspecified atom stereocenters. The number of benzene rings is 3. The van der Waals surface area contributed by atoms with Gasteiger partial charge in [0.05, 0.1) is 24.1 Å². The molecule has 3 aromatic rings. The van der Waals surface area contributed by atoms with Gasteiger partial charge in [-0.2, -0.15) is 15.8 Å². The summed E-state index contributed by atoms with van der Waals surface area (Å²) >= 11 is 0. The van der Waals surface area contributed by atoms with Crippen LogP contribution in [-0.4, -0.2) is 7.11 Å². The third kappa shape index (κ3) is 3.86. The van der Waals surface area contributed by atoms with Crippen LogP contribution in [0.2, 0.25) is 0 Å². The predicted octanol–water partition coefficient (Wildman–Crippen LogP) is 5.45. The molecule has 1 aliphatic heterocycles. The van der Waals surface area contributed by atoms with Crippen LogP contribution < -0.4 is 10.1 Å². The summed E-state index contributed by atoms with van der Waals surface area (Å²) in [4.78, 5) is 0. The van der Waals surface area contributed by atoms with Gasteiger partial charge in [-0.15, -0.1) is 0 Å². The van der Waals surface area contributed by atoms with Crippen molar-refractivity contribution in [3.63, 3.8) is 0 Å². The molecule has 0 saturated heterocycles. The monoisotopic (exact) mass is 426 g/mol. The van der Waals surface area contributed by atoms with E-state index in [4.69, 9.17) is 4.74 Å². The van der Waals surface area contributed by atoms with Gasteiger partial charge in [-0.1, -0.05) is 78.9 Å². The summed E-state index contributed by atoms with van der Waals surface area (Å²) in [6.07, 6.45) is 0. The van der Waals surface area contributed by atoms with E-state index < -0.39 is 0 Å². The average molecular weight is 426 g/mol.